The first-order valence-corrected chi connectivity index (χ1v) is 6.92. The van der Waals surface area contributed by atoms with Crippen LogP contribution in [0.4, 0.5) is 4.79 Å². The van der Waals surface area contributed by atoms with Crippen molar-refractivity contribution in [1.29, 1.82) is 0 Å². The molecule has 1 aromatic heterocycles. The van der Waals surface area contributed by atoms with Gasteiger partial charge in [0.1, 0.15) is 11.5 Å². The van der Waals surface area contributed by atoms with Gasteiger partial charge in [-0.3, -0.25) is 14.9 Å². The van der Waals surface area contributed by atoms with E-state index in [-0.39, 0.29) is 5.24 Å². The summed E-state index contributed by atoms with van der Waals surface area (Å²) in [7, 11) is 0. The van der Waals surface area contributed by atoms with Crippen molar-refractivity contribution in [3.63, 3.8) is 0 Å². The Morgan fingerprint density at radius 3 is 2.65 bits per heavy atom. The van der Waals surface area contributed by atoms with Crippen molar-refractivity contribution in [2.45, 2.75) is 0 Å². The van der Waals surface area contributed by atoms with E-state index in [9.17, 15) is 9.59 Å². The van der Waals surface area contributed by atoms with E-state index < -0.39 is 5.91 Å². The number of carbonyl (C=O) groups excluding carboxylic acids is 2. The fourth-order valence-corrected chi connectivity index (χ4v) is 2.68. The van der Waals surface area contributed by atoms with Gasteiger partial charge in [-0.15, -0.1) is 0 Å². The Hall–Kier alpha value is -1.98. The van der Waals surface area contributed by atoms with Gasteiger partial charge in [-0.1, -0.05) is 23.7 Å². The first-order chi connectivity index (χ1) is 9.63. The second-order valence-corrected chi connectivity index (χ2v) is 5.46. The molecule has 0 atom stereocenters. The van der Waals surface area contributed by atoms with Crippen LogP contribution >= 0.6 is 23.4 Å². The summed E-state index contributed by atoms with van der Waals surface area (Å²) in [5.74, 6) is 0.695. The van der Waals surface area contributed by atoms with E-state index in [1.165, 1.54) is 6.08 Å². The molecule has 0 radical (unpaired) electrons. The standard InChI is InChI=1S/C14H8ClNO3S/c15-10-4-2-1-3-9(10)11-6-5-8(19-11)7-12-13(17)16-14(18)20-12/h1-7H,(H,16,17,18). The molecule has 20 heavy (non-hydrogen) atoms. The summed E-state index contributed by atoms with van der Waals surface area (Å²) in [6, 6.07) is 10.8. The van der Waals surface area contributed by atoms with Crippen LogP contribution in [0, 0.1) is 0 Å². The number of hydrogen-bond donors (Lipinski definition) is 1. The van der Waals surface area contributed by atoms with Gasteiger partial charge in [0.25, 0.3) is 11.1 Å². The van der Waals surface area contributed by atoms with Gasteiger partial charge in [0, 0.05) is 11.6 Å². The molecule has 1 aliphatic rings. The van der Waals surface area contributed by atoms with Crippen LogP contribution in [-0.4, -0.2) is 11.1 Å². The second-order valence-electron chi connectivity index (χ2n) is 4.03. The molecule has 0 aliphatic carbocycles. The average Bonchev–Trinajstić information content (AvgIpc) is 2.98. The molecule has 6 heteroatoms. The highest BCUT2D eigenvalue weighted by Gasteiger charge is 2.25. The molecule has 2 amide bonds. The van der Waals surface area contributed by atoms with Crippen LogP contribution in [0.3, 0.4) is 0 Å². The van der Waals surface area contributed by atoms with Crippen molar-refractivity contribution < 1.29 is 14.0 Å². The summed E-state index contributed by atoms with van der Waals surface area (Å²) < 4.78 is 5.63. The highest BCUT2D eigenvalue weighted by Crippen LogP contribution is 2.31. The normalized spacial score (nSPS) is 16.8. The lowest BCUT2D eigenvalue weighted by molar-refractivity contribution is -0.115. The third-order valence-electron chi connectivity index (χ3n) is 2.68. The maximum Gasteiger partial charge on any atom is 0.290 e. The van der Waals surface area contributed by atoms with Gasteiger partial charge < -0.3 is 4.42 Å². The van der Waals surface area contributed by atoms with Crippen molar-refractivity contribution in [3.8, 4) is 11.3 Å². The molecular formula is C14H8ClNO3S. The zero-order valence-corrected chi connectivity index (χ0v) is 11.6. The van der Waals surface area contributed by atoms with E-state index in [2.05, 4.69) is 5.32 Å². The molecule has 0 spiro atoms. The molecule has 4 nitrogen and oxygen atoms in total. The summed E-state index contributed by atoms with van der Waals surface area (Å²) in [5, 5.41) is 2.40. The summed E-state index contributed by atoms with van der Waals surface area (Å²) in [5.41, 5.74) is 0.776. The van der Waals surface area contributed by atoms with Crippen molar-refractivity contribution in [1.82, 2.24) is 5.32 Å². The SMILES string of the molecule is O=C1NC(=O)C(=Cc2ccc(-c3ccccc3Cl)o2)S1. The Balaban J connectivity index is 1.92. The van der Waals surface area contributed by atoms with E-state index in [4.69, 9.17) is 16.0 Å². The van der Waals surface area contributed by atoms with E-state index in [0.717, 1.165) is 17.3 Å². The number of amides is 2. The minimum absolute atomic E-state index is 0.315. The van der Waals surface area contributed by atoms with Gasteiger partial charge in [0.2, 0.25) is 0 Å². The number of carbonyl (C=O) groups is 2. The molecule has 2 heterocycles. The number of halogens is 1. The van der Waals surface area contributed by atoms with E-state index in [0.29, 0.717) is 21.4 Å². The van der Waals surface area contributed by atoms with E-state index in [1.54, 1.807) is 18.2 Å². The number of furan rings is 1. The highest BCUT2D eigenvalue weighted by molar-refractivity contribution is 8.18. The van der Waals surface area contributed by atoms with Crippen molar-refractivity contribution in [3.05, 3.63) is 52.1 Å². The zero-order chi connectivity index (χ0) is 14.1. The van der Waals surface area contributed by atoms with Crippen LogP contribution in [0.5, 0.6) is 0 Å². The molecule has 1 aromatic carbocycles. The largest absolute Gasteiger partial charge is 0.457 e. The van der Waals surface area contributed by atoms with Gasteiger partial charge in [0.15, 0.2) is 0 Å². The molecule has 1 fully saturated rings. The molecule has 2 aromatic rings. The number of thioether (sulfide) groups is 1. The number of imide groups is 1. The minimum Gasteiger partial charge on any atom is -0.457 e. The predicted octanol–water partition coefficient (Wildman–Crippen LogP) is 3.92. The van der Waals surface area contributed by atoms with Crippen molar-refractivity contribution >= 4 is 40.6 Å². The molecule has 1 saturated heterocycles. The van der Waals surface area contributed by atoms with Crippen LogP contribution in [0.15, 0.2) is 45.7 Å². The first kappa shape index (κ1) is 13.0. The minimum atomic E-state index is -0.407. The second kappa shape index (κ2) is 5.19. The van der Waals surface area contributed by atoms with Crippen LogP contribution in [0.1, 0.15) is 5.76 Å². The number of hydrogen-bond acceptors (Lipinski definition) is 4. The smallest absolute Gasteiger partial charge is 0.290 e. The van der Waals surface area contributed by atoms with Gasteiger partial charge in [0.05, 0.1) is 9.93 Å². The number of benzene rings is 1. The monoisotopic (exact) mass is 305 g/mol. The van der Waals surface area contributed by atoms with Crippen LogP contribution in [0.2, 0.25) is 5.02 Å². The van der Waals surface area contributed by atoms with Gasteiger partial charge in [-0.25, -0.2) is 0 Å². The maximum absolute atomic E-state index is 11.4. The molecule has 1 aliphatic heterocycles. The Kier molecular flexibility index (Phi) is 3.38. The molecule has 0 saturated carbocycles. The fraction of sp³-hybridized carbons (Fsp3) is 0. The Bertz CT molecular complexity index is 736. The first-order valence-electron chi connectivity index (χ1n) is 5.73. The van der Waals surface area contributed by atoms with Gasteiger partial charge in [-0.2, -0.15) is 0 Å². The third kappa shape index (κ3) is 2.50. The molecular weight excluding hydrogens is 298 g/mol. The topological polar surface area (TPSA) is 59.3 Å². The predicted molar refractivity (Wildman–Crippen MR) is 78.3 cm³/mol. The number of nitrogens with one attached hydrogen (secondary N) is 1. The Morgan fingerprint density at radius 2 is 1.95 bits per heavy atom. The van der Waals surface area contributed by atoms with Gasteiger partial charge in [-0.05, 0) is 36.0 Å². The summed E-state index contributed by atoms with van der Waals surface area (Å²) in [6.07, 6.45) is 1.53. The highest BCUT2D eigenvalue weighted by atomic mass is 35.5. The van der Waals surface area contributed by atoms with Gasteiger partial charge >= 0.3 is 0 Å². The van der Waals surface area contributed by atoms with Crippen molar-refractivity contribution in [2.75, 3.05) is 0 Å². The maximum atomic E-state index is 11.4. The van der Waals surface area contributed by atoms with Crippen LogP contribution in [-0.2, 0) is 4.79 Å². The third-order valence-corrected chi connectivity index (χ3v) is 3.82. The van der Waals surface area contributed by atoms with Crippen molar-refractivity contribution in [2.24, 2.45) is 0 Å². The van der Waals surface area contributed by atoms with E-state index >= 15 is 0 Å². The molecule has 1 N–H and O–H groups in total. The lowest BCUT2D eigenvalue weighted by Crippen LogP contribution is -2.17. The lowest BCUT2D eigenvalue weighted by Gasteiger charge is -1.99. The lowest BCUT2D eigenvalue weighted by atomic mass is 10.2. The molecule has 100 valence electrons. The average molecular weight is 306 g/mol. The van der Waals surface area contributed by atoms with Crippen LogP contribution in [0.25, 0.3) is 17.4 Å². The zero-order valence-electron chi connectivity index (χ0n) is 10.1. The Labute approximate surface area is 123 Å². The fourth-order valence-electron chi connectivity index (χ4n) is 1.79. The van der Waals surface area contributed by atoms with Crippen LogP contribution < -0.4 is 5.32 Å². The summed E-state index contributed by atoms with van der Waals surface area (Å²) >= 11 is 6.94. The molecule has 3 rings (SSSR count). The quantitative estimate of drug-likeness (QED) is 0.854. The van der Waals surface area contributed by atoms with E-state index in [1.807, 2.05) is 18.2 Å². The molecule has 0 bridgehead atoms. The number of rotatable bonds is 2. The summed E-state index contributed by atoms with van der Waals surface area (Å²) in [4.78, 5) is 22.8. The Morgan fingerprint density at radius 1 is 1.15 bits per heavy atom. The molecule has 0 unspecified atom stereocenters. The summed E-state index contributed by atoms with van der Waals surface area (Å²) in [6.45, 7) is 0.